The van der Waals surface area contributed by atoms with Crippen molar-refractivity contribution in [2.45, 2.75) is 6.92 Å². The topological polar surface area (TPSA) is 83.8 Å². The monoisotopic (exact) mass is 222 g/mol. The number of phenolic OH excluding ortho intramolecular Hbond substituents is 1. The van der Waals surface area contributed by atoms with Crippen molar-refractivity contribution in [2.24, 2.45) is 0 Å². The first-order chi connectivity index (χ1) is 7.49. The minimum Gasteiger partial charge on any atom is -0.507 e. The first kappa shape index (κ1) is 11.8. The number of benzene rings is 1. The van der Waals surface area contributed by atoms with Crippen LogP contribution in [0.3, 0.4) is 0 Å². The second-order valence-electron chi connectivity index (χ2n) is 2.99. The summed E-state index contributed by atoms with van der Waals surface area (Å²) in [5, 5.41) is 17.8. The summed E-state index contributed by atoms with van der Waals surface area (Å²) in [6.07, 6.45) is 2.09. The summed E-state index contributed by atoms with van der Waals surface area (Å²) >= 11 is 0. The highest BCUT2D eigenvalue weighted by Crippen LogP contribution is 2.24. The minimum absolute atomic E-state index is 0.0894. The van der Waals surface area contributed by atoms with Crippen molar-refractivity contribution in [1.82, 2.24) is 0 Å². The van der Waals surface area contributed by atoms with Crippen LogP contribution in [0.2, 0.25) is 0 Å². The molecule has 0 aliphatic carbocycles. The number of hydrogen-bond donors (Lipinski definition) is 2. The fourth-order valence-electron chi connectivity index (χ4n) is 1.06. The fraction of sp³-hybridized carbons (Fsp3) is 0.0909. The molecule has 0 atom stereocenters. The largest absolute Gasteiger partial charge is 0.507 e. The molecule has 0 radical (unpaired) electrons. The van der Waals surface area contributed by atoms with Crippen molar-refractivity contribution >= 4 is 18.0 Å². The molecule has 5 nitrogen and oxygen atoms in total. The number of aromatic hydroxyl groups is 1. The van der Waals surface area contributed by atoms with E-state index in [1.165, 1.54) is 31.2 Å². The first-order valence-corrected chi connectivity index (χ1v) is 4.41. The Hall–Kier alpha value is -2.30. The van der Waals surface area contributed by atoms with Crippen LogP contribution in [0.5, 0.6) is 11.5 Å². The molecular weight excluding hydrogens is 212 g/mol. The highest BCUT2D eigenvalue weighted by atomic mass is 16.5. The molecule has 0 bridgehead atoms. The van der Waals surface area contributed by atoms with Gasteiger partial charge in [0.2, 0.25) is 0 Å². The second-order valence-corrected chi connectivity index (χ2v) is 2.99. The maximum Gasteiger partial charge on any atom is 0.328 e. The van der Waals surface area contributed by atoms with E-state index in [0.29, 0.717) is 0 Å². The van der Waals surface area contributed by atoms with E-state index in [1.807, 2.05) is 0 Å². The van der Waals surface area contributed by atoms with Crippen LogP contribution >= 0.6 is 0 Å². The normalized spacial score (nSPS) is 10.3. The van der Waals surface area contributed by atoms with E-state index >= 15 is 0 Å². The summed E-state index contributed by atoms with van der Waals surface area (Å²) in [6, 6.07) is 4.10. The summed E-state index contributed by atoms with van der Waals surface area (Å²) < 4.78 is 4.79. The van der Waals surface area contributed by atoms with Crippen LogP contribution in [-0.2, 0) is 9.59 Å². The number of ether oxygens (including phenoxy) is 1. The third kappa shape index (κ3) is 3.45. The molecule has 2 N–H and O–H groups in total. The van der Waals surface area contributed by atoms with E-state index in [4.69, 9.17) is 9.84 Å². The zero-order valence-corrected chi connectivity index (χ0v) is 8.51. The zero-order valence-electron chi connectivity index (χ0n) is 8.51. The number of carbonyl (C=O) groups excluding carboxylic acids is 1. The highest BCUT2D eigenvalue weighted by Gasteiger charge is 2.03. The summed E-state index contributed by atoms with van der Waals surface area (Å²) in [5.74, 6) is -1.46. The van der Waals surface area contributed by atoms with Crippen LogP contribution in [0.1, 0.15) is 12.5 Å². The number of rotatable bonds is 3. The number of hydrogen-bond acceptors (Lipinski definition) is 4. The summed E-state index contributed by atoms with van der Waals surface area (Å²) in [5.41, 5.74) is 0.265. The number of carboxylic acids is 1. The zero-order chi connectivity index (χ0) is 12.1. The lowest BCUT2D eigenvalue weighted by molar-refractivity contribution is -0.132. The van der Waals surface area contributed by atoms with Gasteiger partial charge in [-0.05, 0) is 24.3 Å². The Balaban J connectivity index is 2.99. The Morgan fingerprint density at radius 1 is 1.38 bits per heavy atom. The smallest absolute Gasteiger partial charge is 0.328 e. The quantitative estimate of drug-likeness (QED) is 0.459. The minimum atomic E-state index is -1.13. The molecule has 0 saturated heterocycles. The lowest BCUT2D eigenvalue weighted by atomic mass is 10.2. The Bertz CT molecular complexity index is 448. The van der Waals surface area contributed by atoms with E-state index in [-0.39, 0.29) is 17.1 Å². The molecule has 0 spiro atoms. The Labute approximate surface area is 91.6 Å². The van der Waals surface area contributed by atoms with E-state index in [9.17, 15) is 14.7 Å². The Kier molecular flexibility index (Phi) is 3.66. The third-order valence-electron chi connectivity index (χ3n) is 1.67. The van der Waals surface area contributed by atoms with E-state index in [2.05, 4.69) is 0 Å². The summed E-state index contributed by atoms with van der Waals surface area (Å²) in [6.45, 7) is 1.25. The molecule has 0 saturated carbocycles. The van der Waals surface area contributed by atoms with Gasteiger partial charge in [-0.1, -0.05) is 0 Å². The van der Waals surface area contributed by atoms with Gasteiger partial charge in [0, 0.05) is 18.6 Å². The average Bonchev–Trinajstić information content (AvgIpc) is 2.18. The van der Waals surface area contributed by atoms with Gasteiger partial charge in [0.25, 0.3) is 0 Å². The molecule has 0 aliphatic heterocycles. The van der Waals surface area contributed by atoms with Crippen LogP contribution in [0.15, 0.2) is 24.3 Å². The molecule has 1 rings (SSSR count). The molecule has 1 aromatic carbocycles. The van der Waals surface area contributed by atoms with Gasteiger partial charge >= 0.3 is 11.9 Å². The number of aliphatic carboxylic acids is 1. The number of esters is 1. The Morgan fingerprint density at radius 3 is 2.62 bits per heavy atom. The van der Waals surface area contributed by atoms with Gasteiger partial charge in [-0.15, -0.1) is 0 Å². The first-order valence-electron chi connectivity index (χ1n) is 4.41. The van der Waals surface area contributed by atoms with Gasteiger partial charge < -0.3 is 14.9 Å². The molecule has 0 heterocycles. The van der Waals surface area contributed by atoms with Crippen LogP contribution in [0.25, 0.3) is 6.08 Å². The predicted octanol–water partition coefficient (Wildman–Crippen LogP) is 1.42. The van der Waals surface area contributed by atoms with Gasteiger partial charge in [0.05, 0.1) is 0 Å². The van der Waals surface area contributed by atoms with Crippen molar-refractivity contribution < 1.29 is 24.5 Å². The maximum atomic E-state index is 10.7. The van der Waals surface area contributed by atoms with Crippen molar-refractivity contribution in [3.8, 4) is 11.5 Å². The summed E-state index contributed by atoms with van der Waals surface area (Å²) in [4.78, 5) is 21.0. The SMILES string of the molecule is CC(=O)Oc1ccc(O)c(/C=C/C(=O)O)c1. The van der Waals surface area contributed by atoms with Gasteiger partial charge in [-0.2, -0.15) is 0 Å². The van der Waals surface area contributed by atoms with Crippen molar-refractivity contribution in [1.29, 1.82) is 0 Å². The van der Waals surface area contributed by atoms with Gasteiger partial charge in [0.15, 0.2) is 0 Å². The molecule has 0 aromatic heterocycles. The third-order valence-corrected chi connectivity index (χ3v) is 1.67. The van der Waals surface area contributed by atoms with Crippen molar-refractivity contribution in [3.63, 3.8) is 0 Å². The van der Waals surface area contributed by atoms with E-state index in [1.54, 1.807) is 0 Å². The molecule has 0 fully saturated rings. The number of carboxylic acid groups (broad SMARTS) is 1. The van der Waals surface area contributed by atoms with Crippen molar-refractivity contribution in [2.75, 3.05) is 0 Å². The van der Waals surface area contributed by atoms with E-state index in [0.717, 1.165) is 6.08 Å². The standard InChI is InChI=1S/C11H10O5/c1-7(12)16-9-3-4-10(13)8(6-9)2-5-11(14)15/h2-6,13H,1H3,(H,14,15)/b5-2+. The van der Waals surface area contributed by atoms with Crippen molar-refractivity contribution in [3.05, 3.63) is 29.8 Å². The summed E-state index contributed by atoms with van der Waals surface area (Å²) in [7, 11) is 0. The highest BCUT2D eigenvalue weighted by molar-refractivity contribution is 5.86. The van der Waals surface area contributed by atoms with Crippen LogP contribution in [0.4, 0.5) is 0 Å². The Morgan fingerprint density at radius 2 is 2.06 bits per heavy atom. The van der Waals surface area contributed by atoms with Crippen LogP contribution in [0, 0.1) is 0 Å². The molecule has 84 valence electrons. The fourth-order valence-corrected chi connectivity index (χ4v) is 1.06. The maximum absolute atomic E-state index is 10.7. The number of carbonyl (C=O) groups is 2. The number of phenols is 1. The van der Waals surface area contributed by atoms with E-state index < -0.39 is 11.9 Å². The second kappa shape index (κ2) is 4.97. The van der Waals surface area contributed by atoms with Crippen LogP contribution < -0.4 is 4.74 Å². The predicted molar refractivity (Wildman–Crippen MR) is 56.1 cm³/mol. The van der Waals surface area contributed by atoms with Gasteiger partial charge in [-0.25, -0.2) is 4.79 Å². The molecule has 16 heavy (non-hydrogen) atoms. The molecule has 1 aromatic rings. The molecule has 0 aliphatic rings. The molecule has 0 amide bonds. The molecular formula is C11H10O5. The molecule has 0 unspecified atom stereocenters. The lowest BCUT2D eigenvalue weighted by Gasteiger charge is -2.03. The van der Waals surface area contributed by atoms with Gasteiger partial charge in [-0.3, -0.25) is 4.79 Å². The van der Waals surface area contributed by atoms with Gasteiger partial charge in [0.1, 0.15) is 11.5 Å². The lowest BCUT2D eigenvalue weighted by Crippen LogP contribution is -2.01. The molecule has 5 heteroatoms. The van der Waals surface area contributed by atoms with Crippen LogP contribution in [-0.4, -0.2) is 22.2 Å². The average molecular weight is 222 g/mol.